The zero-order valence-electron chi connectivity index (χ0n) is 11.9. The number of carbonyl (C=O) groups is 1. The lowest BCUT2D eigenvalue weighted by Gasteiger charge is -2.23. The van der Waals surface area contributed by atoms with E-state index in [0.29, 0.717) is 18.1 Å². The monoisotopic (exact) mass is 267 g/mol. The Morgan fingerprint density at radius 2 is 2.05 bits per heavy atom. The first-order valence-corrected chi connectivity index (χ1v) is 6.14. The summed E-state index contributed by atoms with van der Waals surface area (Å²) in [6.45, 7) is 5.58. The molecule has 0 radical (unpaired) electrons. The first-order chi connectivity index (χ1) is 8.90. The van der Waals surface area contributed by atoms with Crippen LogP contribution in [0.3, 0.4) is 0 Å². The van der Waals surface area contributed by atoms with Gasteiger partial charge >= 0.3 is 5.97 Å². The molecule has 1 aromatic carbocycles. The lowest BCUT2D eigenvalue weighted by atomic mass is 10.1. The van der Waals surface area contributed by atoms with Crippen molar-refractivity contribution in [2.24, 2.45) is 5.73 Å². The van der Waals surface area contributed by atoms with E-state index >= 15 is 0 Å². The number of methoxy groups -OCH3 is 1. The zero-order chi connectivity index (χ0) is 14.5. The fraction of sp³-hybridized carbons (Fsp3) is 0.500. The van der Waals surface area contributed by atoms with Crippen LogP contribution in [0, 0.1) is 6.92 Å². The van der Waals surface area contributed by atoms with Crippen molar-refractivity contribution in [2.75, 3.05) is 20.3 Å². The molecule has 0 amide bonds. The van der Waals surface area contributed by atoms with E-state index in [4.69, 9.17) is 19.9 Å². The molecule has 106 valence electrons. The van der Waals surface area contributed by atoms with Gasteiger partial charge in [-0.2, -0.15) is 0 Å². The highest BCUT2D eigenvalue weighted by atomic mass is 16.5. The third-order valence-electron chi connectivity index (χ3n) is 2.59. The van der Waals surface area contributed by atoms with Crippen LogP contribution in [0.5, 0.6) is 11.5 Å². The second-order valence-electron chi connectivity index (χ2n) is 4.58. The van der Waals surface area contributed by atoms with Gasteiger partial charge in [0.15, 0.2) is 11.5 Å². The Kier molecular flexibility index (Phi) is 5.18. The Balaban J connectivity index is 2.73. The van der Waals surface area contributed by atoms with Gasteiger partial charge in [0, 0.05) is 0 Å². The van der Waals surface area contributed by atoms with E-state index in [1.165, 1.54) is 0 Å². The molecule has 5 nitrogen and oxygen atoms in total. The summed E-state index contributed by atoms with van der Waals surface area (Å²) in [6.07, 6.45) is 0. The van der Waals surface area contributed by atoms with E-state index in [9.17, 15) is 4.79 Å². The van der Waals surface area contributed by atoms with Gasteiger partial charge in [-0.05, 0) is 38.5 Å². The van der Waals surface area contributed by atoms with Crippen molar-refractivity contribution in [1.29, 1.82) is 0 Å². The highest BCUT2D eigenvalue weighted by molar-refractivity contribution is 5.80. The molecular formula is C14H21NO4. The van der Waals surface area contributed by atoms with Crippen LogP contribution in [0.4, 0.5) is 0 Å². The number of hydrogen-bond donors (Lipinski definition) is 1. The summed E-state index contributed by atoms with van der Waals surface area (Å²) >= 11 is 0. The number of ether oxygens (including phenoxy) is 3. The van der Waals surface area contributed by atoms with Gasteiger partial charge in [0.2, 0.25) is 0 Å². The van der Waals surface area contributed by atoms with Gasteiger partial charge in [0.1, 0.15) is 12.1 Å². The van der Waals surface area contributed by atoms with E-state index in [1.807, 2.05) is 19.1 Å². The molecule has 5 heteroatoms. The molecule has 0 saturated heterocycles. The van der Waals surface area contributed by atoms with Gasteiger partial charge < -0.3 is 19.9 Å². The van der Waals surface area contributed by atoms with Gasteiger partial charge in [-0.1, -0.05) is 6.07 Å². The van der Waals surface area contributed by atoms with E-state index < -0.39 is 11.5 Å². The third kappa shape index (κ3) is 4.13. The van der Waals surface area contributed by atoms with Crippen molar-refractivity contribution in [3.05, 3.63) is 23.8 Å². The quantitative estimate of drug-likeness (QED) is 0.794. The van der Waals surface area contributed by atoms with E-state index in [-0.39, 0.29) is 6.61 Å². The summed E-state index contributed by atoms with van der Waals surface area (Å²) in [7, 11) is 1.56. The van der Waals surface area contributed by atoms with Crippen LogP contribution in [0.25, 0.3) is 0 Å². The fourth-order valence-electron chi connectivity index (χ4n) is 1.48. The molecular weight excluding hydrogens is 246 g/mol. The smallest absolute Gasteiger partial charge is 0.329 e. The topological polar surface area (TPSA) is 70.8 Å². The van der Waals surface area contributed by atoms with Crippen molar-refractivity contribution >= 4 is 5.97 Å². The number of esters is 1. The van der Waals surface area contributed by atoms with Crippen molar-refractivity contribution in [3.8, 4) is 11.5 Å². The molecule has 0 aliphatic heterocycles. The average molecular weight is 267 g/mol. The highest BCUT2D eigenvalue weighted by Crippen LogP contribution is 2.28. The Hall–Kier alpha value is -1.75. The highest BCUT2D eigenvalue weighted by Gasteiger charge is 2.31. The minimum atomic E-state index is -1.19. The summed E-state index contributed by atoms with van der Waals surface area (Å²) < 4.78 is 15.7. The van der Waals surface area contributed by atoms with Gasteiger partial charge in [-0.3, -0.25) is 0 Å². The molecule has 1 rings (SSSR count). The molecule has 0 aliphatic carbocycles. The Morgan fingerprint density at radius 3 is 2.63 bits per heavy atom. The lowest BCUT2D eigenvalue weighted by molar-refractivity contribution is -0.150. The zero-order valence-corrected chi connectivity index (χ0v) is 11.9. The van der Waals surface area contributed by atoms with Gasteiger partial charge in [-0.15, -0.1) is 0 Å². The predicted octanol–water partition coefficient (Wildman–Crippen LogP) is 1.66. The number of carbonyl (C=O) groups excluding carboxylic acids is 1. The number of rotatable bonds is 6. The molecule has 1 aromatic rings. The molecule has 0 bridgehead atoms. The number of benzene rings is 1. The predicted molar refractivity (Wildman–Crippen MR) is 72.5 cm³/mol. The van der Waals surface area contributed by atoms with Gasteiger partial charge in [0.05, 0.1) is 13.7 Å². The second-order valence-corrected chi connectivity index (χ2v) is 4.58. The van der Waals surface area contributed by atoms with Crippen LogP contribution in [-0.4, -0.2) is 31.8 Å². The second kappa shape index (κ2) is 6.43. The Bertz CT molecular complexity index is 443. The number of hydrogen-bond acceptors (Lipinski definition) is 5. The maximum absolute atomic E-state index is 11.6. The summed E-state index contributed by atoms with van der Waals surface area (Å²) in [5.74, 6) is 0.676. The maximum atomic E-state index is 11.6. The molecule has 0 spiro atoms. The van der Waals surface area contributed by atoms with Crippen molar-refractivity contribution in [3.63, 3.8) is 0 Å². The minimum Gasteiger partial charge on any atom is -0.493 e. The summed E-state index contributed by atoms with van der Waals surface area (Å²) in [6, 6.07) is 5.54. The average Bonchev–Trinajstić information content (AvgIpc) is 2.37. The summed E-state index contributed by atoms with van der Waals surface area (Å²) in [5, 5.41) is 0. The largest absolute Gasteiger partial charge is 0.493 e. The van der Waals surface area contributed by atoms with Crippen LogP contribution in [0.15, 0.2) is 18.2 Å². The molecule has 0 saturated carbocycles. The molecule has 1 atom stereocenters. The Morgan fingerprint density at radius 1 is 1.37 bits per heavy atom. The van der Waals surface area contributed by atoms with Gasteiger partial charge in [0.25, 0.3) is 0 Å². The number of aryl methyl sites for hydroxylation is 1. The van der Waals surface area contributed by atoms with Crippen molar-refractivity contribution in [2.45, 2.75) is 26.3 Å². The van der Waals surface area contributed by atoms with Crippen LogP contribution in [-0.2, 0) is 9.53 Å². The molecule has 0 fully saturated rings. The van der Waals surface area contributed by atoms with Crippen LogP contribution in [0.2, 0.25) is 0 Å². The lowest BCUT2D eigenvalue weighted by Crippen LogP contribution is -2.51. The third-order valence-corrected chi connectivity index (χ3v) is 2.59. The summed E-state index contributed by atoms with van der Waals surface area (Å²) in [5.41, 5.74) is 5.75. The maximum Gasteiger partial charge on any atom is 0.329 e. The standard InChI is InChI=1S/C14H21NO4/c1-5-18-13(16)14(3,15)9-19-11-7-6-10(2)8-12(11)17-4/h6-8H,5,9,15H2,1-4H3. The van der Waals surface area contributed by atoms with E-state index in [0.717, 1.165) is 5.56 Å². The normalized spacial score (nSPS) is 13.5. The molecule has 1 unspecified atom stereocenters. The van der Waals surface area contributed by atoms with Crippen molar-refractivity contribution < 1.29 is 19.0 Å². The van der Waals surface area contributed by atoms with Gasteiger partial charge in [-0.25, -0.2) is 4.79 Å². The van der Waals surface area contributed by atoms with Crippen LogP contribution < -0.4 is 15.2 Å². The Labute approximate surface area is 113 Å². The van der Waals surface area contributed by atoms with E-state index in [2.05, 4.69) is 0 Å². The molecule has 0 heterocycles. The fourth-order valence-corrected chi connectivity index (χ4v) is 1.48. The first kappa shape index (κ1) is 15.3. The first-order valence-electron chi connectivity index (χ1n) is 6.14. The van der Waals surface area contributed by atoms with Crippen LogP contribution >= 0.6 is 0 Å². The minimum absolute atomic E-state index is 0.0191. The number of nitrogens with two attached hydrogens (primary N) is 1. The molecule has 0 aliphatic rings. The molecule has 19 heavy (non-hydrogen) atoms. The van der Waals surface area contributed by atoms with Crippen molar-refractivity contribution in [1.82, 2.24) is 0 Å². The van der Waals surface area contributed by atoms with Crippen LogP contribution in [0.1, 0.15) is 19.4 Å². The summed E-state index contributed by atoms with van der Waals surface area (Å²) in [4.78, 5) is 11.6. The molecule has 2 N–H and O–H groups in total. The SMILES string of the molecule is CCOC(=O)C(C)(N)COc1ccc(C)cc1OC. The van der Waals surface area contributed by atoms with E-state index in [1.54, 1.807) is 27.0 Å². The molecule has 0 aromatic heterocycles.